The van der Waals surface area contributed by atoms with Crippen molar-refractivity contribution in [3.05, 3.63) is 83.7 Å². The Morgan fingerprint density at radius 3 is 2.37 bits per heavy atom. The minimum atomic E-state index is -3.68. The fraction of sp³-hybridized carbons (Fsp3) is 0.464. The maximum atomic E-state index is 15.6. The largest absolute Gasteiger partial charge is 0.358 e. The van der Waals surface area contributed by atoms with E-state index < -0.39 is 26.5 Å². The van der Waals surface area contributed by atoms with E-state index in [1.165, 1.54) is 10.4 Å². The molecule has 1 amide bonds. The van der Waals surface area contributed by atoms with E-state index in [1.54, 1.807) is 31.8 Å². The summed E-state index contributed by atoms with van der Waals surface area (Å²) in [5.74, 6) is -0.624. The normalized spacial score (nSPS) is 27.6. The third-order valence-corrected chi connectivity index (χ3v) is 10.8. The van der Waals surface area contributed by atoms with Gasteiger partial charge in [0.05, 0.1) is 5.41 Å². The lowest BCUT2D eigenvalue weighted by atomic mass is 9.67. The monoisotopic (exact) mass is 539 g/mol. The standard InChI is InChI=1S/C28H34FN5O3S/c1-20-8-11-26(21-6-4-3-5-7-21)38(36,37)34(20)17-22-9-10-23(16-25(22)29)28(27(35)30-2)14-12-24(13-15-28)33-18-31-32-19-33/h3-7,9-10,16,18-20,24,26H,8,11-15,17H2,1-2H3,(H,30,35)/t20-,24-,26+,28+/m0/s1. The molecule has 2 aliphatic rings. The molecule has 1 aliphatic carbocycles. The van der Waals surface area contributed by atoms with Gasteiger partial charge < -0.3 is 9.88 Å². The van der Waals surface area contributed by atoms with Crippen LogP contribution >= 0.6 is 0 Å². The molecule has 0 bridgehead atoms. The first-order valence-corrected chi connectivity index (χ1v) is 14.7. The third kappa shape index (κ3) is 4.75. The van der Waals surface area contributed by atoms with Crippen LogP contribution in [0.5, 0.6) is 0 Å². The summed E-state index contributed by atoms with van der Waals surface area (Å²) in [5.41, 5.74) is 0.844. The van der Waals surface area contributed by atoms with Crippen LogP contribution in [0.15, 0.2) is 61.2 Å². The van der Waals surface area contributed by atoms with E-state index in [0.717, 1.165) is 18.4 Å². The number of sulfonamides is 1. The Balaban J connectivity index is 1.39. The molecule has 38 heavy (non-hydrogen) atoms. The van der Waals surface area contributed by atoms with Crippen LogP contribution in [0, 0.1) is 5.82 Å². The second kappa shape index (κ2) is 10.6. The molecule has 0 radical (unpaired) electrons. The van der Waals surface area contributed by atoms with Gasteiger partial charge in [-0.2, -0.15) is 4.31 Å². The van der Waals surface area contributed by atoms with Crippen molar-refractivity contribution < 1.29 is 17.6 Å². The number of likely N-dealkylation sites (N-methyl/N-ethyl adjacent to an activating group) is 1. The number of carbonyl (C=O) groups is 1. The van der Waals surface area contributed by atoms with Crippen molar-refractivity contribution in [1.82, 2.24) is 24.4 Å². The van der Waals surface area contributed by atoms with E-state index >= 15 is 4.39 Å². The Morgan fingerprint density at radius 2 is 1.74 bits per heavy atom. The van der Waals surface area contributed by atoms with Crippen LogP contribution in [-0.4, -0.2) is 46.5 Å². The minimum Gasteiger partial charge on any atom is -0.358 e. The van der Waals surface area contributed by atoms with Gasteiger partial charge in [-0.1, -0.05) is 42.5 Å². The second-order valence-electron chi connectivity index (χ2n) is 10.5. The molecule has 3 aromatic rings. The summed E-state index contributed by atoms with van der Waals surface area (Å²) in [6.07, 6.45) is 7.20. The highest BCUT2D eigenvalue weighted by Crippen LogP contribution is 2.44. The van der Waals surface area contributed by atoms with Crippen molar-refractivity contribution in [2.45, 2.75) is 74.7 Å². The molecule has 202 valence electrons. The molecule has 1 saturated heterocycles. The summed E-state index contributed by atoms with van der Waals surface area (Å²) in [4.78, 5) is 13.1. The predicted molar refractivity (Wildman–Crippen MR) is 142 cm³/mol. The van der Waals surface area contributed by atoms with Crippen LogP contribution < -0.4 is 5.32 Å². The van der Waals surface area contributed by atoms with Gasteiger partial charge >= 0.3 is 0 Å². The molecule has 2 aromatic carbocycles. The first-order chi connectivity index (χ1) is 18.3. The summed E-state index contributed by atoms with van der Waals surface area (Å²) in [6, 6.07) is 14.0. The molecule has 8 nitrogen and oxygen atoms in total. The van der Waals surface area contributed by atoms with Crippen LogP contribution in [0.1, 0.15) is 73.4 Å². The molecule has 2 fully saturated rings. The number of benzene rings is 2. The smallest absolute Gasteiger partial charge is 0.230 e. The van der Waals surface area contributed by atoms with E-state index in [9.17, 15) is 13.2 Å². The molecule has 2 atom stereocenters. The number of rotatable bonds is 6. The highest BCUT2D eigenvalue weighted by molar-refractivity contribution is 7.89. The molecule has 5 rings (SSSR count). The molecular formula is C28H34FN5O3S. The van der Waals surface area contributed by atoms with E-state index in [0.29, 0.717) is 36.8 Å². The highest BCUT2D eigenvalue weighted by Gasteiger charge is 2.44. The van der Waals surface area contributed by atoms with Gasteiger partial charge in [0, 0.05) is 31.2 Å². The molecule has 1 aromatic heterocycles. The van der Waals surface area contributed by atoms with E-state index in [2.05, 4.69) is 15.5 Å². The molecule has 1 aliphatic heterocycles. The first-order valence-electron chi connectivity index (χ1n) is 13.2. The van der Waals surface area contributed by atoms with Crippen LogP contribution in [0.3, 0.4) is 0 Å². The quantitative estimate of drug-likeness (QED) is 0.505. The van der Waals surface area contributed by atoms with Gasteiger partial charge in [-0.3, -0.25) is 4.79 Å². The molecule has 1 N–H and O–H groups in total. The second-order valence-corrected chi connectivity index (χ2v) is 12.6. The van der Waals surface area contributed by atoms with Gasteiger partial charge in [0.15, 0.2) is 0 Å². The number of nitrogens with zero attached hydrogens (tertiary/aromatic N) is 4. The third-order valence-electron chi connectivity index (χ3n) is 8.46. The number of halogens is 1. The number of aromatic nitrogens is 3. The highest BCUT2D eigenvalue weighted by atomic mass is 32.2. The molecular weight excluding hydrogens is 505 g/mol. The lowest BCUT2D eigenvalue weighted by Crippen LogP contribution is -2.46. The number of hydrogen-bond acceptors (Lipinski definition) is 5. The van der Waals surface area contributed by atoms with Crippen LogP contribution in [-0.2, 0) is 26.8 Å². The maximum Gasteiger partial charge on any atom is 0.230 e. The van der Waals surface area contributed by atoms with Gasteiger partial charge in [-0.25, -0.2) is 12.8 Å². The van der Waals surface area contributed by atoms with Crippen molar-refractivity contribution in [3.63, 3.8) is 0 Å². The summed E-state index contributed by atoms with van der Waals surface area (Å²) in [7, 11) is -2.08. The van der Waals surface area contributed by atoms with E-state index in [-0.39, 0.29) is 24.5 Å². The average molecular weight is 540 g/mol. The van der Waals surface area contributed by atoms with Crippen LogP contribution in [0.4, 0.5) is 4.39 Å². The Kier molecular flexibility index (Phi) is 7.37. The minimum absolute atomic E-state index is 0.0401. The Labute approximate surface area is 223 Å². The van der Waals surface area contributed by atoms with Crippen molar-refractivity contribution in [3.8, 4) is 0 Å². The van der Waals surface area contributed by atoms with Crippen LogP contribution in [0.25, 0.3) is 0 Å². The average Bonchev–Trinajstić information content (AvgIpc) is 3.47. The van der Waals surface area contributed by atoms with Gasteiger partial charge in [0.2, 0.25) is 15.9 Å². The molecule has 1 saturated carbocycles. The summed E-state index contributed by atoms with van der Waals surface area (Å²) >= 11 is 0. The molecule has 0 unspecified atom stereocenters. The fourth-order valence-corrected chi connectivity index (χ4v) is 8.36. The van der Waals surface area contributed by atoms with Crippen molar-refractivity contribution in [2.24, 2.45) is 0 Å². The Hall–Kier alpha value is -3.11. The zero-order chi connectivity index (χ0) is 26.9. The Morgan fingerprint density at radius 1 is 1.05 bits per heavy atom. The first kappa shape index (κ1) is 26.5. The molecule has 10 heteroatoms. The fourth-order valence-electron chi connectivity index (χ4n) is 6.17. The zero-order valence-corrected chi connectivity index (χ0v) is 22.6. The van der Waals surface area contributed by atoms with Crippen molar-refractivity contribution in [2.75, 3.05) is 7.05 Å². The van der Waals surface area contributed by atoms with Crippen molar-refractivity contribution >= 4 is 15.9 Å². The number of nitrogens with one attached hydrogen (secondary N) is 1. The Bertz CT molecular complexity index is 1370. The molecule has 2 heterocycles. The SMILES string of the molecule is CNC(=O)[C@]1(c2ccc(CN3[C@@H](C)CC[C@H](c4ccccc4)S3(=O)=O)c(F)c2)CC[C@H](n2cnnc2)CC1. The van der Waals surface area contributed by atoms with Gasteiger partial charge in [-0.15, -0.1) is 10.2 Å². The topological polar surface area (TPSA) is 97.2 Å². The van der Waals surface area contributed by atoms with Crippen LogP contribution in [0.2, 0.25) is 0 Å². The summed E-state index contributed by atoms with van der Waals surface area (Å²) in [5, 5.41) is 9.91. The van der Waals surface area contributed by atoms with E-state index in [1.807, 2.05) is 41.8 Å². The predicted octanol–water partition coefficient (Wildman–Crippen LogP) is 4.27. The zero-order valence-electron chi connectivity index (χ0n) is 21.8. The van der Waals surface area contributed by atoms with Gasteiger partial charge in [-0.05, 0) is 62.6 Å². The lowest BCUT2D eigenvalue weighted by molar-refractivity contribution is -0.127. The van der Waals surface area contributed by atoms with Crippen molar-refractivity contribution in [1.29, 1.82) is 0 Å². The maximum absolute atomic E-state index is 15.6. The lowest BCUT2D eigenvalue weighted by Gasteiger charge is -2.39. The van der Waals surface area contributed by atoms with Gasteiger partial charge in [0.1, 0.15) is 23.7 Å². The number of amides is 1. The summed E-state index contributed by atoms with van der Waals surface area (Å²) in [6.45, 7) is 1.83. The van der Waals surface area contributed by atoms with E-state index in [4.69, 9.17) is 0 Å². The number of hydrogen-bond donors (Lipinski definition) is 1. The summed E-state index contributed by atoms with van der Waals surface area (Å²) < 4.78 is 46.2. The number of carbonyl (C=O) groups excluding carboxylic acids is 1. The van der Waals surface area contributed by atoms with Gasteiger partial charge in [0.25, 0.3) is 0 Å². The molecule has 0 spiro atoms.